The van der Waals surface area contributed by atoms with E-state index >= 15 is 0 Å². The summed E-state index contributed by atoms with van der Waals surface area (Å²) in [6.07, 6.45) is 2.67. The van der Waals surface area contributed by atoms with Crippen molar-refractivity contribution in [3.8, 4) is 0 Å². The van der Waals surface area contributed by atoms with Gasteiger partial charge in [-0.1, -0.05) is 30.3 Å². The molecule has 0 saturated carbocycles. The largest absolute Gasteiger partial charge is 0.392 e. The molecule has 0 aliphatic heterocycles. The molecule has 0 aromatic heterocycles. The molecule has 0 spiro atoms. The maximum absolute atomic E-state index is 4.46. The van der Waals surface area contributed by atoms with Gasteiger partial charge in [0.05, 0.1) is 0 Å². The van der Waals surface area contributed by atoms with Crippen LogP contribution in [0, 0.1) is 0 Å². The van der Waals surface area contributed by atoms with Crippen LogP contribution in [0.1, 0.15) is 5.56 Å². The van der Waals surface area contributed by atoms with Gasteiger partial charge in [0.15, 0.2) is 0 Å². The van der Waals surface area contributed by atoms with Crippen LogP contribution in [0.4, 0.5) is 0 Å². The Morgan fingerprint density at radius 2 is 2.17 bits per heavy atom. The summed E-state index contributed by atoms with van der Waals surface area (Å²) in [4.78, 5) is 4.46. The molecule has 0 heterocycles. The van der Waals surface area contributed by atoms with Crippen LogP contribution in [-0.4, -0.2) is 13.0 Å². The van der Waals surface area contributed by atoms with E-state index < -0.39 is 0 Å². The van der Waals surface area contributed by atoms with Gasteiger partial charge in [0, 0.05) is 5.87 Å². The molecule has 0 aliphatic carbocycles. The maximum Gasteiger partial charge on any atom is 0.107 e. The Bertz CT molecular complexity index is 273. The summed E-state index contributed by atoms with van der Waals surface area (Å²) in [7, 11) is 1.50. The molecule has 0 saturated heterocycles. The number of rotatable bonds is 3. The van der Waals surface area contributed by atoms with Crippen molar-refractivity contribution in [2.75, 3.05) is 7.11 Å². The van der Waals surface area contributed by atoms with Crippen molar-refractivity contribution in [1.82, 2.24) is 0 Å². The molecule has 0 fully saturated rings. The van der Waals surface area contributed by atoms with E-state index in [0.717, 1.165) is 6.42 Å². The van der Waals surface area contributed by atoms with Crippen molar-refractivity contribution in [3.05, 3.63) is 42.0 Å². The minimum atomic E-state index is 0.841. The first-order valence-corrected chi connectivity index (χ1v) is 3.78. The third-order valence-corrected chi connectivity index (χ3v) is 1.42. The molecule has 0 unspecified atom stereocenters. The SMILES string of the molecule is CON=C=CCc1ccccc1. The van der Waals surface area contributed by atoms with Crippen LogP contribution in [-0.2, 0) is 11.3 Å². The van der Waals surface area contributed by atoms with Gasteiger partial charge >= 0.3 is 0 Å². The van der Waals surface area contributed by atoms with Crippen molar-refractivity contribution in [1.29, 1.82) is 0 Å². The van der Waals surface area contributed by atoms with Crippen LogP contribution in [0.3, 0.4) is 0 Å². The van der Waals surface area contributed by atoms with Crippen molar-refractivity contribution >= 4 is 5.87 Å². The summed E-state index contributed by atoms with van der Waals surface area (Å²) in [6.45, 7) is 0. The number of nitrogens with zero attached hydrogens (tertiary/aromatic N) is 1. The zero-order valence-electron chi connectivity index (χ0n) is 7.03. The molecule has 1 aromatic carbocycles. The van der Waals surface area contributed by atoms with Crippen molar-refractivity contribution in [3.63, 3.8) is 0 Å². The zero-order chi connectivity index (χ0) is 8.65. The average Bonchev–Trinajstić information content (AvgIpc) is 2.14. The smallest absolute Gasteiger partial charge is 0.107 e. The molecule has 0 aliphatic rings. The summed E-state index contributed by atoms with van der Waals surface area (Å²) < 4.78 is 0. The lowest BCUT2D eigenvalue weighted by atomic mass is 10.2. The Balaban J connectivity index is 2.49. The quantitative estimate of drug-likeness (QED) is 0.491. The van der Waals surface area contributed by atoms with Crippen molar-refractivity contribution in [2.24, 2.45) is 5.16 Å². The van der Waals surface area contributed by atoms with Gasteiger partial charge in [-0.25, -0.2) is 0 Å². The predicted octanol–water partition coefficient (Wildman–Crippen LogP) is 2.02. The van der Waals surface area contributed by atoms with Gasteiger partial charge in [-0.05, 0) is 23.2 Å². The van der Waals surface area contributed by atoms with E-state index in [-0.39, 0.29) is 0 Å². The number of hydrogen-bond acceptors (Lipinski definition) is 2. The highest BCUT2D eigenvalue weighted by Crippen LogP contribution is 1.98. The first kappa shape index (κ1) is 8.57. The topological polar surface area (TPSA) is 21.6 Å². The van der Waals surface area contributed by atoms with Gasteiger partial charge in [-0.3, -0.25) is 0 Å². The van der Waals surface area contributed by atoms with E-state index in [1.807, 2.05) is 24.3 Å². The van der Waals surface area contributed by atoms with E-state index in [2.05, 4.69) is 28.0 Å². The van der Waals surface area contributed by atoms with Crippen LogP contribution in [0.2, 0.25) is 0 Å². The second kappa shape index (κ2) is 5.16. The molecular weight excluding hydrogens is 150 g/mol. The lowest BCUT2D eigenvalue weighted by molar-refractivity contribution is 0.216. The second-order valence-electron chi connectivity index (χ2n) is 2.30. The highest BCUT2D eigenvalue weighted by atomic mass is 16.6. The number of allylic oxidation sites excluding steroid dienone is 1. The highest BCUT2D eigenvalue weighted by molar-refractivity contribution is 5.51. The van der Waals surface area contributed by atoms with Gasteiger partial charge in [0.25, 0.3) is 0 Å². The van der Waals surface area contributed by atoms with E-state index in [1.54, 1.807) is 0 Å². The Kier molecular flexibility index (Phi) is 3.69. The van der Waals surface area contributed by atoms with Gasteiger partial charge in [0.1, 0.15) is 7.11 Å². The average molecular weight is 161 g/mol. The van der Waals surface area contributed by atoms with Crippen LogP contribution < -0.4 is 0 Å². The maximum atomic E-state index is 4.46. The van der Waals surface area contributed by atoms with Crippen LogP contribution in [0.5, 0.6) is 0 Å². The summed E-state index contributed by atoms with van der Waals surface area (Å²) in [5, 5.41) is 3.48. The number of hydrogen-bond donors (Lipinski definition) is 0. The van der Waals surface area contributed by atoms with Gasteiger partial charge in [0.2, 0.25) is 0 Å². The zero-order valence-corrected chi connectivity index (χ0v) is 7.03. The number of benzene rings is 1. The fourth-order valence-electron chi connectivity index (χ4n) is 0.868. The molecule has 0 atom stereocenters. The molecule has 12 heavy (non-hydrogen) atoms. The summed E-state index contributed by atoms with van der Waals surface area (Å²) in [5.41, 5.74) is 1.25. The molecule has 0 amide bonds. The highest BCUT2D eigenvalue weighted by Gasteiger charge is 1.83. The third kappa shape index (κ3) is 3.04. The van der Waals surface area contributed by atoms with Crippen LogP contribution in [0.25, 0.3) is 0 Å². The molecular formula is C10H11NO. The van der Waals surface area contributed by atoms with Crippen LogP contribution in [0.15, 0.2) is 41.6 Å². The molecule has 0 radical (unpaired) electrons. The summed E-state index contributed by atoms with van der Waals surface area (Å²) in [6, 6.07) is 10.1. The van der Waals surface area contributed by atoms with E-state index in [4.69, 9.17) is 0 Å². The lowest BCUT2D eigenvalue weighted by Gasteiger charge is -1.91. The Morgan fingerprint density at radius 3 is 2.83 bits per heavy atom. The normalized spacial score (nSPS) is 8.42. The van der Waals surface area contributed by atoms with Gasteiger partial charge in [-0.2, -0.15) is 0 Å². The first-order chi connectivity index (χ1) is 5.93. The van der Waals surface area contributed by atoms with Gasteiger partial charge in [-0.15, -0.1) is 0 Å². The summed E-state index contributed by atoms with van der Waals surface area (Å²) >= 11 is 0. The molecule has 0 N–H and O–H groups in total. The molecule has 1 rings (SSSR count). The van der Waals surface area contributed by atoms with Crippen molar-refractivity contribution < 1.29 is 4.84 Å². The minimum Gasteiger partial charge on any atom is -0.392 e. The fraction of sp³-hybridized carbons (Fsp3) is 0.200. The van der Waals surface area contributed by atoms with Gasteiger partial charge < -0.3 is 4.84 Å². The first-order valence-electron chi connectivity index (χ1n) is 3.78. The van der Waals surface area contributed by atoms with Crippen molar-refractivity contribution in [2.45, 2.75) is 6.42 Å². The van der Waals surface area contributed by atoms with E-state index in [1.165, 1.54) is 12.7 Å². The van der Waals surface area contributed by atoms with E-state index in [0.29, 0.717) is 0 Å². The summed E-state index contributed by atoms with van der Waals surface area (Å²) in [5.74, 6) is 2.66. The molecule has 62 valence electrons. The lowest BCUT2D eigenvalue weighted by Crippen LogP contribution is -1.78. The second-order valence-corrected chi connectivity index (χ2v) is 2.30. The Labute approximate surface area is 72.2 Å². The third-order valence-electron chi connectivity index (χ3n) is 1.42. The fourth-order valence-corrected chi connectivity index (χ4v) is 0.868. The molecule has 2 heteroatoms. The molecule has 0 bridgehead atoms. The Morgan fingerprint density at radius 1 is 1.42 bits per heavy atom. The Hall–Kier alpha value is -1.53. The minimum absolute atomic E-state index is 0.841. The standard InChI is InChI=1S/C10H11NO/c1-12-11-9-5-8-10-6-3-2-4-7-10/h2-7H,8H2,1H3. The monoisotopic (exact) mass is 161 g/mol. The molecule has 2 nitrogen and oxygen atoms in total. The van der Waals surface area contributed by atoms with E-state index in [9.17, 15) is 0 Å². The van der Waals surface area contributed by atoms with Crippen LogP contribution >= 0.6 is 0 Å². The molecule has 1 aromatic rings. The predicted molar refractivity (Wildman–Crippen MR) is 49.2 cm³/mol.